The van der Waals surface area contributed by atoms with E-state index >= 15 is 0 Å². The first-order valence-electron chi connectivity index (χ1n) is 3.72. The van der Waals surface area contributed by atoms with Crippen LogP contribution in [0.15, 0.2) is 18.3 Å². The molecule has 0 unspecified atom stereocenters. The molecule has 0 saturated heterocycles. The van der Waals surface area contributed by atoms with E-state index in [0.29, 0.717) is 0 Å². The second-order valence-electron chi connectivity index (χ2n) is 2.61. The van der Waals surface area contributed by atoms with Crippen molar-refractivity contribution in [3.05, 3.63) is 24.5 Å². The molecule has 0 aromatic carbocycles. The summed E-state index contributed by atoms with van der Waals surface area (Å²) in [5, 5.41) is 0. The normalized spacial score (nSPS) is 12.6. The Morgan fingerprint density at radius 1 is 1.27 bits per heavy atom. The van der Waals surface area contributed by atoms with E-state index in [1.807, 2.05) is 0 Å². The SMILES string of the molecule is FC(F)(F)C(F)(F)COc1cc[c]nc1. The molecule has 0 saturated carbocycles. The van der Waals surface area contributed by atoms with Gasteiger partial charge in [-0.2, -0.15) is 22.0 Å². The molecule has 0 amide bonds. The maximum Gasteiger partial charge on any atom is 0.456 e. The Bertz CT molecular complexity index is 311. The molecular weight excluding hydrogens is 221 g/mol. The van der Waals surface area contributed by atoms with Crippen LogP contribution < -0.4 is 4.74 Å². The molecule has 0 N–H and O–H groups in total. The van der Waals surface area contributed by atoms with E-state index in [4.69, 9.17) is 0 Å². The van der Waals surface area contributed by atoms with Crippen molar-refractivity contribution in [2.45, 2.75) is 12.1 Å². The van der Waals surface area contributed by atoms with Gasteiger partial charge in [0.25, 0.3) is 0 Å². The average molecular weight is 226 g/mol. The first-order valence-corrected chi connectivity index (χ1v) is 3.72. The second-order valence-corrected chi connectivity index (χ2v) is 2.61. The summed E-state index contributed by atoms with van der Waals surface area (Å²) in [6, 6.07) is 2.42. The van der Waals surface area contributed by atoms with Crippen LogP contribution in [0.5, 0.6) is 5.75 Å². The lowest BCUT2D eigenvalue weighted by Gasteiger charge is -2.19. The third kappa shape index (κ3) is 3.03. The molecule has 0 aliphatic carbocycles. The summed E-state index contributed by atoms with van der Waals surface area (Å²) in [6.45, 7) is -1.76. The lowest BCUT2D eigenvalue weighted by molar-refractivity contribution is -0.290. The van der Waals surface area contributed by atoms with Gasteiger partial charge in [-0.3, -0.25) is 4.98 Å². The first kappa shape index (κ1) is 11.7. The molecule has 83 valence electrons. The molecule has 1 radical (unpaired) electrons. The topological polar surface area (TPSA) is 22.1 Å². The van der Waals surface area contributed by atoms with E-state index in [1.54, 1.807) is 0 Å². The van der Waals surface area contributed by atoms with E-state index in [1.165, 1.54) is 12.1 Å². The third-order valence-corrected chi connectivity index (χ3v) is 1.42. The zero-order valence-electron chi connectivity index (χ0n) is 7.18. The zero-order valence-corrected chi connectivity index (χ0v) is 7.18. The van der Waals surface area contributed by atoms with Gasteiger partial charge in [0, 0.05) is 0 Å². The molecule has 7 heteroatoms. The molecule has 0 aliphatic rings. The van der Waals surface area contributed by atoms with Crippen LogP contribution in [0.2, 0.25) is 0 Å². The van der Waals surface area contributed by atoms with Crippen LogP contribution in [-0.4, -0.2) is 23.7 Å². The van der Waals surface area contributed by atoms with Crippen molar-refractivity contribution in [1.82, 2.24) is 4.98 Å². The summed E-state index contributed by atoms with van der Waals surface area (Å²) < 4.78 is 64.0. The van der Waals surface area contributed by atoms with Crippen LogP contribution in [0.4, 0.5) is 22.0 Å². The van der Waals surface area contributed by atoms with E-state index in [2.05, 4.69) is 15.9 Å². The number of hydrogen-bond donors (Lipinski definition) is 0. The fourth-order valence-corrected chi connectivity index (χ4v) is 0.648. The highest BCUT2D eigenvalue weighted by Gasteiger charge is 2.58. The monoisotopic (exact) mass is 226 g/mol. The molecular formula is C8H5F5NO. The minimum absolute atomic E-state index is 0.169. The maximum absolute atomic E-state index is 12.3. The van der Waals surface area contributed by atoms with Gasteiger partial charge in [-0.25, -0.2) is 0 Å². The van der Waals surface area contributed by atoms with Crippen molar-refractivity contribution in [3.8, 4) is 5.75 Å². The molecule has 1 heterocycles. The van der Waals surface area contributed by atoms with E-state index in [9.17, 15) is 22.0 Å². The highest BCUT2D eigenvalue weighted by Crippen LogP contribution is 2.35. The van der Waals surface area contributed by atoms with Gasteiger partial charge in [-0.1, -0.05) is 0 Å². The van der Waals surface area contributed by atoms with Crippen LogP contribution in [0.3, 0.4) is 0 Å². The second kappa shape index (κ2) is 4.00. The number of pyridine rings is 1. The van der Waals surface area contributed by atoms with Crippen molar-refractivity contribution < 1.29 is 26.7 Å². The van der Waals surface area contributed by atoms with E-state index in [-0.39, 0.29) is 5.75 Å². The number of alkyl halides is 5. The van der Waals surface area contributed by atoms with Gasteiger partial charge in [-0.05, 0) is 12.1 Å². The predicted molar refractivity (Wildman–Crippen MR) is 39.6 cm³/mol. The van der Waals surface area contributed by atoms with Crippen molar-refractivity contribution in [1.29, 1.82) is 0 Å². The molecule has 2 nitrogen and oxygen atoms in total. The van der Waals surface area contributed by atoms with Gasteiger partial charge in [0.15, 0.2) is 6.61 Å². The number of rotatable bonds is 3. The van der Waals surface area contributed by atoms with Crippen LogP contribution in [-0.2, 0) is 0 Å². The van der Waals surface area contributed by atoms with Gasteiger partial charge >= 0.3 is 12.1 Å². The standard InChI is InChI=1S/C8H5F5NO/c9-7(10,8(11,12)13)5-15-6-2-1-3-14-4-6/h1-2,4H,5H2. The van der Waals surface area contributed by atoms with Crippen molar-refractivity contribution in [2.75, 3.05) is 6.61 Å². The maximum atomic E-state index is 12.3. The molecule has 0 atom stereocenters. The summed E-state index contributed by atoms with van der Waals surface area (Å²) in [5.74, 6) is -5.04. The Balaban J connectivity index is 2.58. The molecule has 0 aliphatic heterocycles. The van der Waals surface area contributed by atoms with Crippen molar-refractivity contribution in [2.24, 2.45) is 0 Å². The van der Waals surface area contributed by atoms with Gasteiger partial charge in [0.1, 0.15) is 5.75 Å². The fraction of sp³-hybridized carbons (Fsp3) is 0.375. The summed E-state index contributed by atoms with van der Waals surface area (Å²) in [6.07, 6.45) is -2.30. The molecule has 1 aromatic rings. The number of nitrogens with zero attached hydrogens (tertiary/aromatic N) is 1. The number of aromatic nitrogens is 1. The van der Waals surface area contributed by atoms with Gasteiger partial charge < -0.3 is 4.74 Å². The Kier molecular flexibility index (Phi) is 3.11. The molecule has 1 rings (SSSR count). The Hall–Kier alpha value is -1.40. The minimum Gasteiger partial charge on any atom is -0.485 e. The molecule has 0 bridgehead atoms. The highest BCUT2D eigenvalue weighted by molar-refractivity contribution is 5.15. The lowest BCUT2D eigenvalue weighted by atomic mass is 10.3. The molecule has 0 fully saturated rings. The van der Waals surface area contributed by atoms with Crippen LogP contribution >= 0.6 is 0 Å². The smallest absolute Gasteiger partial charge is 0.456 e. The van der Waals surface area contributed by atoms with E-state index in [0.717, 1.165) is 6.20 Å². The molecule has 15 heavy (non-hydrogen) atoms. The summed E-state index contributed by atoms with van der Waals surface area (Å²) in [5.41, 5.74) is 0. The van der Waals surface area contributed by atoms with Gasteiger partial charge in [0.05, 0.1) is 12.4 Å². The van der Waals surface area contributed by atoms with E-state index < -0.39 is 18.7 Å². The largest absolute Gasteiger partial charge is 0.485 e. The van der Waals surface area contributed by atoms with Crippen LogP contribution in [0.25, 0.3) is 0 Å². The first-order chi connectivity index (χ1) is 6.83. The quantitative estimate of drug-likeness (QED) is 0.738. The Morgan fingerprint density at radius 3 is 2.40 bits per heavy atom. The fourth-order valence-electron chi connectivity index (χ4n) is 0.648. The van der Waals surface area contributed by atoms with Crippen LogP contribution in [0, 0.1) is 6.20 Å². The number of hydrogen-bond acceptors (Lipinski definition) is 2. The lowest BCUT2D eigenvalue weighted by Crippen LogP contribution is -2.41. The number of ether oxygens (including phenoxy) is 1. The Morgan fingerprint density at radius 2 is 1.93 bits per heavy atom. The predicted octanol–water partition coefficient (Wildman–Crippen LogP) is 2.46. The van der Waals surface area contributed by atoms with Gasteiger partial charge in [0.2, 0.25) is 0 Å². The summed E-state index contributed by atoms with van der Waals surface area (Å²) >= 11 is 0. The average Bonchev–Trinajstić information content (AvgIpc) is 2.15. The highest BCUT2D eigenvalue weighted by atomic mass is 19.4. The van der Waals surface area contributed by atoms with Crippen molar-refractivity contribution >= 4 is 0 Å². The van der Waals surface area contributed by atoms with Crippen molar-refractivity contribution in [3.63, 3.8) is 0 Å². The summed E-state index contributed by atoms with van der Waals surface area (Å²) in [4.78, 5) is 3.37. The van der Waals surface area contributed by atoms with Gasteiger partial charge in [-0.15, -0.1) is 0 Å². The molecule has 0 spiro atoms. The third-order valence-electron chi connectivity index (χ3n) is 1.42. The number of halogens is 5. The summed E-state index contributed by atoms with van der Waals surface area (Å²) in [7, 11) is 0. The Labute approximate surface area is 81.7 Å². The minimum atomic E-state index is -5.61. The van der Waals surface area contributed by atoms with Crippen LogP contribution in [0.1, 0.15) is 0 Å². The zero-order chi connectivity index (χ0) is 11.5. The molecule has 1 aromatic heterocycles.